The minimum atomic E-state index is -4.91. The summed E-state index contributed by atoms with van der Waals surface area (Å²) in [6.45, 7) is 1.48. The fourth-order valence-electron chi connectivity index (χ4n) is 2.06. The van der Waals surface area contributed by atoms with Crippen molar-refractivity contribution in [2.24, 2.45) is 5.16 Å². The maximum atomic E-state index is 12.7. The second-order valence-electron chi connectivity index (χ2n) is 4.88. The van der Waals surface area contributed by atoms with Crippen LogP contribution in [0.3, 0.4) is 0 Å². The molecular formula is C13H11Cl2F3N4O3S. The fraction of sp³-hybridized carbons (Fsp3) is 0.231. The number of hydrogen-bond donors (Lipinski definition) is 2. The number of rotatable bonds is 5. The second kappa shape index (κ2) is 7.72. The summed E-state index contributed by atoms with van der Waals surface area (Å²) in [5.74, 6) is -0.594. The molecule has 2 aromatic rings. The molecular weight excluding hydrogens is 420 g/mol. The van der Waals surface area contributed by atoms with Gasteiger partial charge in [0.15, 0.2) is 0 Å². The Morgan fingerprint density at radius 3 is 2.46 bits per heavy atom. The van der Waals surface area contributed by atoms with Crippen LogP contribution in [0.5, 0.6) is 5.75 Å². The number of alkyl halides is 3. The van der Waals surface area contributed by atoms with Gasteiger partial charge in [-0.25, -0.2) is 4.21 Å². The first-order valence-electron chi connectivity index (χ1n) is 6.72. The standard InChI is InChI=1S/C13H11Cl2F3N4O3S/c1-6(26(24)22-11(19)2-7(21-22)5-20-23)12-9(14)3-8(4-10(12)15)25-13(16,17)18/h2-6,23H,19H2,1H3/b20-5+. The summed E-state index contributed by atoms with van der Waals surface area (Å²) >= 11 is 12.0. The number of nitrogen functional groups attached to an aromatic ring is 1. The molecule has 0 amide bonds. The molecule has 2 atom stereocenters. The average Bonchev–Trinajstić information content (AvgIpc) is 2.84. The summed E-state index contributed by atoms with van der Waals surface area (Å²) in [5, 5.41) is 14.0. The van der Waals surface area contributed by atoms with E-state index in [-0.39, 0.29) is 27.1 Å². The topological polar surface area (TPSA) is 103 Å². The van der Waals surface area contributed by atoms with Gasteiger partial charge in [0.1, 0.15) is 28.2 Å². The Morgan fingerprint density at radius 1 is 1.38 bits per heavy atom. The SMILES string of the molecule is CC(c1c(Cl)cc(OC(F)(F)F)cc1Cl)S(=O)n1nc(/C=N/O)cc1N. The summed E-state index contributed by atoms with van der Waals surface area (Å²) in [6, 6.07) is 3.15. The van der Waals surface area contributed by atoms with Crippen LogP contribution in [0.15, 0.2) is 23.4 Å². The van der Waals surface area contributed by atoms with Gasteiger partial charge < -0.3 is 15.7 Å². The third-order valence-electron chi connectivity index (χ3n) is 3.08. The number of hydrogen-bond acceptors (Lipinski definition) is 6. The lowest BCUT2D eigenvalue weighted by atomic mass is 10.1. The Bertz CT molecular complexity index is 850. The minimum Gasteiger partial charge on any atom is -0.411 e. The molecule has 3 N–H and O–H groups in total. The normalized spacial score (nSPS) is 14.5. The summed E-state index contributed by atoms with van der Waals surface area (Å²) in [7, 11) is -1.91. The van der Waals surface area contributed by atoms with Gasteiger partial charge in [-0.05, 0) is 19.1 Å². The molecule has 2 rings (SSSR count). The van der Waals surface area contributed by atoms with Gasteiger partial charge in [0.2, 0.25) is 0 Å². The Morgan fingerprint density at radius 2 is 1.96 bits per heavy atom. The number of anilines is 1. The molecule has 0 saturated heterocycles. The van der Waals surface area contributed by atoms with E-state index in [1.807, 2.05) is 0 Å². The highest BCUT2D eigenvalue weighted by Crippen LogP contribution is 2.38. The molecule has 7 nitrogen and oxygen atoms in total. The van der Waals surface area contributed by atoms with Crippen LogP contribution in [0.1, 0.15) is 23.4 Å². The maximum absolute atomic E-state index is 12.7. The van der Waals surface area contributed by atoms with Gasteiger partial charge in [-0.15, -0.1) is 13.2 Å². The van der Waals surface area contributed by atoms with Crippen molar-refractivity contribution in [2.45, 2.75) is 18.5 Å². The van der Waals surface area contributed by atoms with Crippen LogP contribution >= 0.6 is 23.2 Å². The van der Waals surface area contributed by atoms with Crippen LogP contribution in [-0.2, 0) is 11.0 Å². The first-order chi connectivity index (χ1) is 12.0. The molecule has 13 heteroatoms. The number of aromatic nitrogens is 2. The summed E-state index contributed by atoms with van der Waals surface area (Å²) in [5.41, 5.74) is 5.99. The smallest absolute Gasteiger partial charge is 0.411 e. The Hall–Kier alpha value is -1.98. The number of halogens is 5. The lowest BCUT2D eigenvalue weighted by molar-refractivity contribution is -0.274. The zero-order chi connectivity index (χ0) is 19.6. The first kappa shape index (κ1) is 20.3. The van der Waals surface area contributed by atoms with E-state index in [1.165, 1.54) is 13.0 Å². The molecule has 0 spiro atoms. The van der Waals surface area contributed by atoms with Crippen molar-refractivity contribution in [1.82, 2.24) is 9.19 Å². The zero-order valence-corrected chi connectivity index (χ0v) is 15.2. The highest BCUT2D eigenvalue weighted by Gasteiger charge is 2.32. The van der Waals surface area contributed by atoms with E-state index in [0.29, 0.717) is 0 Å². The van der Waals surface area contributed by atoms with Crippen molar-refractivity contribution >= 4 is 46.2 Å². The monoisotopic (exact) mass is 430 g/mol. The van der Waals surface area contributed by atoms with Crippen molar-refractivity contribution in [2.75, 3.05) is 5.73 Å². The van der Waals surface area contributed by atoms with Crippen molar-refractivity contribution in [3.63, 3.8) is 0 Å². The fourth-order valence-corrected chi connectivity index (χ4v) is 4.17. The van der Waals surface area contributed by atoms with Gasteiger partial charge in [0, 0.05) is 11.6 Å². The largest absolute Gasteiger partial charge is 0.573 e. The number of oxime groups is 1. The molecule has 0 radical (unpaired) electrons. The Balaban J connectivity index is 2.37. The summed E-state index contributed by atoms with van der Waals surface area (Å²) < 4.78 is 54.4. The number of nitrogens with zero attached hydrogens (tertiary/aromatic N) is 3. The molecule has 0 fully saturated rings. The lowest BCUT2D eigenvalue weighted by Crippen LogP contribution is -2.18. The van der Waals surface area contributed by atoms with Gasteiger partial charge in [-0.1, -0.05) is 28.4 Å². The molecule has 1 aromatic heterocycles. The lowest BCUT2D eigenvalue weighted by Gasteiger charge is -2.17. The predicted molar refractivity (Wildman–Crippen MR) is 91.1 cm³/mol. The van der Waals surface area contributed by atoms with Gasteiger partial charge >= 0.3 is 6.36 Å². The third-order valence-corrected chi connectivity index (χ3v) is 5.18. The molecule has 26 heavy (non-hydrogen) atoms. The van der Waals surface area contributed by atoms with Crippen molar-refractivity contribution in [3.8, 4) is 5.75 Å². The average molecular weight is 431 g/mol. The van der Waals surface area contributed by atoms with Gasteiger partial charge in [0.25, 0.3) is 0 Å². The van der Waals surface area contributed by atoms with E-state index in [4.69, 9.17) is 34.1 Å². The van der Waals surface area contributed by atoms with E-state index in [2.05, 4.69) is 15.0 Å². The van der Waals surface area contributed by atoms with E-state index in [0.717, 1.165) is 22.4 Å². The first-order valence-corrected chi connectivity index (χ1v) is 8.64. The highest BCUT2D eigenvalue weighted by atomic mass is 35.5. The Kier molecular flexibility index (Phi) is 6.04. The van der Waals surface area contributed by atoms with Crippen molar-refractivity contribution in [3.05, 3.63) is 39.5 Å². The second-order valence-corrected chi connectivity index (χ2v) is 7.30. The number of nitrogens with two attached hydrogens (primary N) is 1. The van der Waals surface area contributed by atoms with Crippen LogP contribution in [0.4, 0.5) is 19.0 Å². The van der Waals surface area contributed by atoms with Gasteiger partial charge in [-0.2, -0.15) is 9.19 Å². The number of benzene rings is 1. The van der Waals surface area contributed by atoms with Crippen molar-refractivity contribution in [1.29, 1.82) is 0 Å². The van der Waals surface area contributed by atoms with E-state index in [9.17, 15) is 17.4 Å². The van der Waals surface area contributed by atoms with Crippen LogP contribution in [0, 0.1) is 0 Å². The summed E-state index contributed by atoms with van der Waals surface area (Å²) in [4.78, 5) is 0. The molecule has 142 valence electrons. The van der Waals surface area contributed by atoms with Crippen LogP contribution in [0.25, 0.3) is 0 Å². The zero-order valence-electron chi connectivity index (χ0n) is 12.9. The molecule has 0 saturated carbocycles. The molecule has 0 aliphatic heterocycles. The molecule has 0 bridgehead atoms. The number of ether oxygens (including phenoxy) is 1. The quantitative estimate of drug-likeness (QED) is 0.427. The third kappa shape index (κ3) is 4.59. The molecule has 0 aliphatic carbocycles. The molecule has 1 aromatic carbocycles. The summed E-state index contributed by atoms with van der Waals surface area (Å²) in [6.07, 6.45) is -3.92. The maximum Gasteiger partial charge on any atom is 0.573 e. The van der Waals surface area contributed by atoms with Gasteiger partial charge in [0.05, 0.1) is 21.5 Å². The van der Waals surface area contributed by atoms with E-state index < -0.39 is 28.3 Å². The van der Waals surface area contributed by atoms with E-state index in [1.54, 1.807) is 0 Å². The van der Waals surface area contributed by atoms with Crippen molar-refractivity contribution < 1.29 is 27.3 Å². The van der Waals surface area contributed by atoms with Crippen LogP contribution in [0.2, 0.25) is 10.0 Å². The minimum absolute atomic E-state index is 0.00866. The Labute approximate surface area is 157 Å². The molecule has 0 aliphatic rings. The van der Waals surface area contributed by atoms with Crippen LogP contribution < -0.4 is 10.5 Å². The molecule has 2 unspecified atom stereocenters. The van der Waals surface area contributed by atoms with Crippen LogP contribution in [-0.4, -0.2) is 31.2 Å². The molecule has 1 heterocycles. The predicted octanol–water partition coefficient (Wildman–Crippen LogP) is 3.75. The van der Waals surface area contributed by atoms with Gasteiger partial charge in [-0.3, -0.25) is 0 Å². The van der Waals surface area contributed by atoms with E-state index >= 15 is 0 Å². The highest BCUT2D eigenvalue weighted by molar-refractivity contribution is 7.83.